The quantitative estimate of drug-likeness (QED) is 0.629. The van der Waals surface area contributed by atoms with Gasteiger partial charge in [0.05, 0.1) is 12.5 Å². The van der Waals surface area contributed by atoms with E-state index < -0.39 is 0 Å². The van der Waals surface area contributed by atoms with E-state index in [1.54, 1.807) is 0 Å². The van der Waals surface area contributed by atoms with Crippen LogP contribution in [-0.4, -0.2) is 12.5 Å². The van der Waals surface area contributed by atoms with Crippen LogP contribution in [0, 0.1) is 12.7 Å². The first-order valence-electron chi connectivity index (χ1n) is 7.56. The summed E-state index contributed by atoms with van der Waals surface area (Å²) in [7, 11) is 0.333. The molecular weight excluding hydrogens is 311 g/mol. The molecule has 1 heterocycles. The normalized spacial score (nSPS) is 21.8. The maximum atomic E-state index is 14.7. The second kappa shape index (κ2) is 6.67. The molecule has 0 aliphatic carbocycles. The van der Waals surface area contributed by atoms with Crippen molar-refractivity contribution in [3.8, 4) is 0 Å². The number of benzene rings is 2. The molecule has 0 nitrogen and oxygen atoms in total. The first kappa shape index (κ1) is 15.9. The van der Waals surface area contributed by atoms with Crippen molar-refractivity contribution in [2.75, 3.05) is 12.5 Å². The van der Waals surface area contributed by atoms with Crippen molar-refractivity contribution in [2.45, 2.75) is 29.9 Å². The van der Waals surface area contributed by atoms with E-state index in [2.05, 4.69) is 37.6 Å². The van der Waals surface area contributed by atoms with Crippen molar-refractivity contribution in [1.29, 1.82) is 0 Å². The van der Waals surface area contributed by atoms with E-state index in [1.807, 2.05) is 18.2 Å². The molecule has 2 aromatic rings. The van der Waals surface area contributed by atoms with Crippen LogP contribution in [0.25, 0.3) is 0 Å². The third-order valence-corrected chi connectivity index (χ3v) is 7.54. The molecule has 0 aromatic heterocycles. The van der Waals surface area contributed by atoms with Gasteiger partial charge in [0, 0.05) is 22.3 Å². The Morgan fingerprint density at radius 1 is 0.727 bits per heavy atom. The number of hydrogen-bond donors (Lipinski definition) is 0. The van der Waals surface area contributed by atoms with Gasteiger partial charge in [-0.25, -0.2) is 4.39 Å². The summed E-state index contributed by atoms with van der Waals surface area (Å²) in [5.41, 5.74) is 6.13. The molecule has 2 unspecified atom stereocenters. The summed E-state index contributed by atoms with van der Waals surface area (Å²) < 4.78 is 14.7. The Hall–Kier alpha value is -0.930. The second-order valence-electron chi connectivity index (χ2n) is 6.23. The van der Waals surface area contributed by atoms with Crippen molar-refractivity contribution in [3.05, 3.63) is 70.0 Å². The van der Waals surface area contributed by atoms with Gasteiger partial charge < -0.3 is 0 Å². The van der Waals surface area contributed by atoms with E-state index in [0.717, 1.165) is 34.1 Å². The topological polar surface area (TPSA) is 0 Å². The molecule has 0 fully saturated rings. The number of fused-ring (bicyclic) bond motifs is 4. The first-order chi connectivity index (χ1) is 10.5. The lowest BCUT2D eigenvalue weighted by atomic mass is 10.1. The fourth-order valence-electron chi connectivity index (χ4n) is 3.07. The van der Waals surface area contributed by atoms with Gasteiger partial charge in [-0.15, -0.1) is 0 Å². The molecular formula is C19H23FS2+2. The van der Waals surface area contributed by atoms with Gasteiger partial charge >= 0.3 is 0 Å². The summed E-state index contributed by atoms with van der Waals surface area (Å²) in [5, 5.41) is 0. The molecule has 0 saturated carbocycles. The van der Waals surface area contributed by atoms with Gasteiger partial charge in [0.2, 0.25) is 0 Å². The summed E-state index contributed by atoms with van der Waals surface area (Å²) >= 11 is 0. The molecule has 3 rings (SSSR count). The van der Waals surface area contributed by atoms with E-state index in [4.69, 9.17) is 0 Å². The van der Waals surface area contributed by atoms with Crippen LogP contribution in [-0.2, 0) is 44.8 Å². The van der Waals surface area contributed by atoms with Gasteiger partial charge in [-0.2, -0.15) is 0 Å². The summed E-state index contributed by atoms with van der Waals surface area (Å²) in [6, 6.07) is 12.6. The standard InChI is InChI=1S/C19H23FS2/c1-14-15-6-4-7-16(14)11-22(3)13-18-9-5-8-17(19(18)20)12-21(2)10-15/h4-9H,10-13H2,1-3H3/q+2. The SMILES string of the molecule is Cc1c2cccc1C[S+](C)Cc1cccc(c1F)C[S+](C)C2. The van der Waals surface area contributed by atoms with Gasteiger partial charge in [0.15, 0.2) is 0 Å². The smallest absolute Gasteiger partial charge is 0.138 e. The van der Waals surface area contributed by atoms with Gasteiger partial charge in [-0.3, -0.25) is 0 Å². The molecule has 116 valence electrons. The molecule has 1 aliphatic rings. The highest BCUT2D eigenvalue weighted by atomic mass is 32.2. The predicted octanol–water partition coefficient (Wildman–Crippen LogP) is 4.34. The molecule has 1 aliphatic heterocycles. The highest BCUT2D eigenvalue weighted by Gasteiger charge is 2.24. The zero-order valence-corrected chi connectivity index (χ0v) is 15.1. The summed E-state index contributed by atoms with van der Waals surface area (Å²) in [5.74, 6) is 3.85. The fourth-order valence-corrected chi connectivity index (χ4v) is 6.47. The Labute approximate surface area is 138 Å². The van der Waals surface area contributed by atoms with Crippen LogP contribution in [0.5, 0.6) is 0 Å². The monoisotopic (exact) mass is 334 g/mol. The lowest BCUT2D eigenvalue weighted by molar-refractivity contribution is 0.606. The van der Waals surface area contributed by atoms with Crippen LogP contribution in [0.4, 0.5) is 4.39 Å². The number of rotatable bonds is 0. The van der Waals surface area contributed by atoms with E-state index in [1.165, 1.54) is 16.7 Å². The highest BCUT2D eigenvalue weighted by molar-refractivity contribution is 7.95. The molecule has 0 spiro atoms. The minimum Gasteiger partial charge on any atom is -0.206 e. The van der Waals surface area contributed by atoms with E-state index >= 15 is 0 Å². The Morgan fingerprint density at radius 2 is 1.09 bits per heavy atom. The second-order valence-corrected chi connectivity index (χ2v) is 10.5. The van der Waals surface area contributed by atoms with Crippen LogP contribution >= 0.6 is 0 Å². The lowest BCUT2D eigenvalue weighted by Crippen LogP contribution is -2.15. The van der Waals surface area contributed by atoms with Crippen LogP contribution in [0.15, 0.2) is 36.4 Å². The first-order valence-corrected chi connectivity index (χ1v) is 11.5. The van der Waals surface area contributed by atoms with E-state index in [-0.39, 0.29) is 27.6 Å². The van der Waals surface area contributed by atoms with Crippen LogP contribution in [0.3, 0.4) is 0 Å². The third-order valence-electron chi connectivity index (χ3n) is 4.32. The molecule has 0 radical (unpaired) electrons. The van der Waals surface area contributed by atoms with Crippen molar-refractivity contribution >= 4 is 21.8 Å². The minimum absolute atomic E-state index is 0.0437. The highest BCUT2D eigenvalue weighted by Crippen LogP contribution is 2.25. The number of hydrogen-bond acceptors (Lipinski definition) is 0. The zero-order chi connectivity index (χ0) is 15.7. The van der Waals surface area contributed by atoms with Crippen LogP contribution in [0.2, 0.25) is 0 Å². The van der Waals surface area contributed by atoms with Gasteiger partial charge in [-0.1, -0.05) is 36.4 Å². The average Bonchev–Trinajstić information content (AvgIpc) is 2.47. The van der Waals surface area contributed by atoms with Crippen molar-refractivity contribution < 1.29 is 4.39 Å². The molecule has 22 heavy (non-hydrogen) atoms. The van der Waals surface area contributed by atoms with Gasteiger partial charge in [0.25, 0.3) is 0 Å². The molecule has 4 bridgehead atoms. The van der Waals surface area contributed by atoms with Crippen LogP contribution < -0.4 is 0 Å². The summed E-state index contributed by atoms with van der Waals surface area (Å²) in [6.45, 7) is 2.25. The molecule has 2 atom stereocenters. The average molecular weight is 335 g/mol. The molecule has 0 amide bonds. The maximum Gasteiger partial charge on any atom is 0.138 e. The Bertz CT molecular complexity index is 573. The van der Waals surface area contributed by atoms with Gasteiger partial charge in [-0.05, 0) is 34.3 Å². The largest absolute Gasteiger partial charge is 0.206 e. The van der Waals surface area contributed by atoms with E-state index in [9.17, 15) is 4.39 Å². The van der Waals surface area contributed by atoms with Gasteiger partial charge in [0.1, 0.15) is 28.8 Å². The Kier molecular flexibility index (Phi) is 4.84. The van der Waals surface area contributed by atoms with Crippen molar-refractivity contribution in [3.63, 3.8) is 0 Å². The Balaban J connectivity index is 2.03. The summed E-state index contributed by atoms with van der Waals surface area (Å²) in [4.78, 5) is 0. The lowest BCUT2D eigenvalue weighted by Gasteiger charge is -2.14. The minimum atomic E-state index is 0.0437. The fraction of sp³-hybridized carbons (Fsp3) is 0.368. The molecule has 0 N–H and O–H groups in total. The third kappa shape index (κ3) is 3.36. The van der Waals surface area contributed by atoms with Crippen molar-refractivity contribution in [2.24, 2.45) is 0 Å². The van der Waals surface area contributed by atoms with Crippen LogP contribution in [0.1, 0.15) is 27.8 Å². The van der Waals surface area contributed by atoms with Crippen molar-refractivity contribution in [1.82, 2.24) is 0 Å². The summed E-state index contributed by atoms with van der Waals surface area (Å²) in [6.07, 6.45) is 4.52. The Morgan fingerprint density at radius 3 is 1.55 bits per heavy atom. The molecule has 3 heteroatoms. The number of halogens is 1. The molecule has 0 saturated heterocycles. The maximum absolute atomic E-state index is 14.7. The predicted molar refractivity (Wildman–Crippen MR) is 99.0 cm³/mol. The van der Waals surface area contributed by atoms with E-state index in [0.29, 0.717) is 0 Å². The zero-order valence-electron chi connectivity index (χ0n) is 13.5. The molecule has 2 aromatic carbocycles.